The van der Waals surface area contributed by atoms with E-state index >= 15 is 0 Å². The smallest absolute Gasteiger partial charge is 0.387 e. The average molecular weight is 385 g/mol. The lowest BCUT2D eigenvalue weighted by Crippen LogP contribution is -2.52. The van der Waals surface area contributed by atoms with Gasteiger partial charge in [-0.3, -0.25) is 19.8 Å². The monoisotopic (exact) mass is 385 g/mol. The fraction of sp³-hybridized carbons (Fsp3) is 0.588. The van der Waals surface area contributed by atoms with Gasteiger partial charge in [0.2, 0.25) is 5.75 Å². The van der Waals surface area contributed by atoms with E-state index < -0.39 is 28.9 Å². The van der Waals surface area contributed by atoms with Crippen molar-refractivity contribution in [1.29, 1.82) is 0 Å². The lowest BCUT2D eigenvalue weighted by atomic mass is 9.85. The molecule has 1 aromatic rings. The largest absolute Gasteiger partial charge is 0.480 e. The number of halogens is 2. The molecule has 0 unspecified atom stereocenters. The molecule has 0 aliphatic heterocycles. The van der Waals surface area contributed by atoms with Crippen LogP contribution in [0.1, 0.15) is 25.7 Å². The Morgan fingerprint density at radius 2 is 2.11 bits per heavy atom. The minimum absolute atomic E-state index is 0.0117. The molecule has 0 bridgehead atoms. The van der Waals surface area contributed by atoms with Gasteiger partial charge in [-0.2, -0.15) is 8.78 Å². The van der Waals surface area contributed by atoms with Gasteiger partial charge in [0.25, 0.3) is 0 Å². The van der Waals surface area contributed by atoms with Crippen LogP contribution < -0.4 is 10.1 Å². The first-order chi connectivity index (χ1) is 12.8. The number of ether oxygens (including phenoxy) is 1. The Balaban J connectivity index is 1.58. The lowest BCUT2D eigenvalue weighted by Gasteiger charge is -2.43. The number of nitro benzene ring substituents is 1. The number of carbonyl (C=O) groups is 1. The van der Waals surface area contributed by atoms with Crippen molar-refractivity contribution in [2.24, 2.45) is 5.92 Å². The molecule has 0 radical (unpaired) electrons. The molecule has 0 heterocycles. The predicted molar refractivity (Wildman–Crippen MR) is 92.1 cm³/mol. The van der Waals surface area contributed by atoms with Crippen LogP contribution in [-0.4, -0.2) is 52.7 Å². The van der Waals surface area contributed by atoms with Gasteiger partial charge in [0.1, 0.15) is 0 Å². The predicted octanol–water partition coefficient (Wildman–Crippen LogP) is 2.94. The van der Waals surface area contributed by atoms with Crippen molar-refractivity contribution in [3.05, 3.63) is 28.3 Å². The van der Waals surface area contributed by atoms with Crippen LogP contribution in [-0.2, 0) is 4.79 Å². The van der Waals surface area contributed by atoms with E-state index in [4.69, 9.17) is 5.11 Å². The van der Waals surface area contributed by atoms with E-state index in [0.29, 0.717) is 11.6 Å². The van der Waals surface area contributed by atoms with Crippen LogP contribution in [0.25, 0.3) is 0 Å². The van der Waals surface area contributed by atoms with Crippen molar-refractivity contribution < 1.29 is 28.3 Å². The van der Waals surface area contributed by atoms with E-state index in [9.17, 15) is 23.7 Å². The first-order valence-electron chi connectivity index (χ1n) is 8.77. The molecule has 148 valence electrons. The highest BCUT2D eigenvalue weighted by Crippen LogP contribution is 2.36. The summed E-state index contributed by atoms with van der Waals surface area (Å²) in [4.78, 5) is 23.2. The Morgan fingerprint density at radius 1 is 1.41 bits per heavy atom. The van der Waals surface area contributed by atoms with Crippen LogP contribution in [0, 0.1) is 16.0 Å². The maximum Gasteiger partial charge on any atom is 0.387 e. The second kappa shape index (κ2) is 8.03. The second-order valence-electron chi connectivity index (χ2n) is 7.05. The zero-order valence-corrected chi connectivity index (χ0v) is 14.5. The van der Waals surface area contributed by atoms with Gasteiger partial charge >= 0.3 is 18.3 Å². The third-order valence-corrected chi connectivity index (χ3v) is 4.90. The van der Waals surface area contributed by atoms with E-state index in [2.05, 4.69) is 10.1 Å². The van der Waals surface area contributed by atoms with Crippen molar-refractivity contribution >= 4 is 17.3 Å². The van der Waals surface area contributed by atoms with Gasteiger partial charge in [0.15, 0.2) is 0 Å². The SMILES string of the molecule is O=C(O)CN(CC1CC1)C1CC(Nc2ccc([N+](=O)[O-])c(OC(F)F)c2)C1. The van der Waals surface area contributed by atoms with Gasteiger partial charge in [0, 0.05) is 36.4 Å². The number of nitrogens with one attached hydrogen (secondary N) is 1. The van der Waals surface area contributed by atoms with Gasteiger partial charge in [-0.05, 0) is 37.7 Å². The summed E-state index contributed by atoms with van der Waals surface area (Å²) in [5, 5.41) is 23.1. The standard InChI is InChI=1S/C17H21F2N3O5/c18-17(19)27-15-7-11(3-4-14(15)22(25)26)20-12-5-13(6-12)21(9-16(23)24)8-10-1-2-10/h3-4,7,10,12-13,17,20H,1-2,5-6,8-9H2,(H,23,24). The zero-order chi connectivity index (χ0) is 19.6. The number of hydrogen-bond acceptors (Lipinski definition) is 6. The van der Waals surface area contributed by atoms with E-state index in [-0.39, 0.29) is 18.6 Å². The summed E-state index contributed by atoms with van der Waals surface area (Å²) in [5.41, 5.74) is -0.0731. The number of nitro groups is 1. The Morgan fingerprint density at radius 3 is 2.67 bits per heavy atom. The van der Waals surface area contributed by atoms with Crippen molar-refractivity contribution in [3.63, 3.8) is 0 Å². The lowest BCUT2D eigenvalue weighted by molar-refractivity contribution is -0.386. The van der Waals surface area contributed by atoms with E-state index in [1.54, 1.807) is 0 Å². The quantitative estimate of drug-likeness (QED) is 0.471. The number of aliphatic carboxylic acids is 1. The van der Waals surface area contributed by atoms with Gasteiger partial charge in [-0.15, -0.1) is 0 Å². The Labute approximate surface area is 154 Å². The summed E-state index contributed by atoms with van der Waals surface area (Å²) in [6.07, 6.45) is 3.73. The number of carboxylic acids is 1. The molecule has 0 saturated heterocycles. The molecule has 0 spiro atoms. The molecular formula is C17H21F2N3O5. The maximum atomic E-state index is 12.5. The first kappa shape index (κ1) is 19.3. The van der Waals surface area contributed by atoms with Crippen molar-refractivity contribution in [2.45, 2.75) is 44.4 Å². The third-order valence-electron chi connectivity index (χ3n) is 4.90. The molecule has 2 N–H and O–H groups in total. The molecule has 2 aliphatic rings. The highest BCUT2D eigenvalue weighted by Gasteiger charge is 2.37. The molecule has 8 nitrogen and oxygen atoms in total. The Bertz CT molecular complexity index is 708. The molecule has 0 amide bonds. The molecular weight excluding hydrogens is 364 g/mol. The molecule has 3 rings (SSSR count). The van der Waals surface area contributed by atoms with Gasteiger partial charge in [-0.25, -0.2) is 0 Å². The van der Waals surface area contributed by atoms with Gasteiger partial charge < -0.3 is 15.2 Å². The fourth-order valence-corrected chi connectivity index (χ4v) is 3.33. The fourth-order valence-electron chi connectivity index (χ4n) is 3.33. The van der Waals surface area contributed by atoms with Gasteiger partial charge in [0.05, 0.1) is 11.5 Å². The summed E-state index contributed by atoms with van der Waals surface area (Å²) in [6.45, 7) is -2.36. The Kier molecular flexibility index (Phi) is 5.73. The minimum Gasteiger partial charge on any atom is -0.480 e. The molecule has 2 saturated carbocycles. The molecule has 0 aromatic heterocycles. The third kappa shape index (κ3) is 5.25. The van der Waals surface area contributed by atoms with E-state index in [1.807, 2.05) is 4.90 Å². The van der Waals surface area contributed by atoms with Crippen molar-refractivity contribution in [1.82, 2.24) is 4.90 Å². The highest BCUT2D eigenvalue weighted by atomic mass is 19.3. The van der Waals surface area contributed by atoms with E-state index in [0.717, 1.165) is 38.3 Å². The normalized spacial score (nSPS) is 21.8. The number of alkyl halides is 2. The van der Waals surface area contributed by atoms with Crippen molar-refractivity contribution in [3.8, 4) is 5.75 Å². The molecule has 2 aliphatic carbocycles. The highest BCUT2D eigenvalue weighted by molar-refractivity contribution is 5.69. The number of rotatable bonds is 10. The number of hydrogen-bond donors (Lipinski definition) is 2. The van der Waals surface area contributed by atoms with Gasteiger partial charge in [-0.1, -0.05) is 0 Å². The van der Waals surface area contributed by atoms with Crippen LogP contribution in [0.5, 0.6) is 5.75 Å². The Hall–Kier alpha value is -2.49. The summed E-state index contributed by atoms with van der Waals surface area (Å²) in [7, 11) is 0. The van der Waals surface area contributed by atoms with Crippen LogP contribution in [0.4, 0.5) is 20.2 Å². The van der Waals surface area contributed by atoms with Crippen LogP contribution in [0.15, 0.2) is 18.2 Å². The second-order valence-corrected chi connectivity index (χ2v) is 7.05. The number of anilines is 1. The molecule has 1 aromatic carbocycles. The summed E-state index contributed by atoms with van der Waals surface area (Å²) < 4.78 is 29.2. The molecule has 10 heteroatoms. The van der Waals surface area contributed by atoms with Crippen LogP contribution >= 0.6 is 0 Å². The van der Waals surface area contributed by atoms with E-state index in [1.165, 1.54) is 12.1 Å². The summed E-state index contributed by atoms with van der Waals surface area (Å²) in [5.74, 6) is -0.756. The molecule has 2 fully saturated rings. The van der Waals surface area contributed by atoms with Crippen LogP contribution in [0.3, 0.4) is 0 Å². The van der Waals surface area contributed by atoms with Crippen molar-refractivity contribution in [2.75, 3.05) is 18.4 Å². The van der Waals surface area contributed by atoms with Crippen LogP contribution in [0.2, 0.25) is 0 Å². The maximum absolute atomic E-state index is 12.5. The topological polar surface area (TPSA) is 105 Å². The average Bonchev–Trinajstić information content (AvgIpc) is 3.32. The summed E-state index contributed by atoms with van der Waals surface area (Å²) >= 11 is 0. The first-order valence-corrected chi connectivity index (χ1v) is 8.77. The minimum atomic E-state index is -3.15. The number of benzene rings is 1. The molecule has 27 heavy (non-hydrogen) atoms. The zero-order valence-electron chi connectivity index (χ0n) is 14.5. The molecule has 0 atom stereocenters. The number of carboxylic acid groups (broad SMARTS) is 1. The number of nitrogens with zero attached hydrogens (tertiary/aromatic N) is 2. The summed E-state index contributed by atoms with van der Waals surface area (Å²) in [6, 6.07) is 3.97.